The Morgan fingerprint density at radius 3 is 2.78 bits per heavy atom. The van der Waals surface area contributed by atoms with Crippen LogP contribution in [-0.4, -0.2) is 13.7 Å². The summed E-state index contributed by atoms with van der Waals surface area (Å²) in [4.78, 5) is 0. The lowest BCUT2D eigenvalue weighted by Crippen LogP contribution is -1.83. The molecule has 2 nitrogen and oxygen atoms in total. The lowest BCUT2D eigenvalue weighted by Gasteiger charge is -1.88. The molecule has 0 spiro atoms. The average Bonchev–Trinajstić information content (AvgIpc) is 1.89. The van der Waals surface area contributed by atoms with Crippen molar-refractivity contribution in [2.24, 2.45) is 5.73 Å². The van der Waals surface area contributed by atoms with Gasteiger partial charge in [-0.25, -0.2) is 0 Å². The number of hydrogen-bond donors (Lipinski definition) is 1. The second-order valence-electron chi connectivity index (χ2n) is 1.77. The fourth-order valence-corrected chi connectivity index (χ4v) is 0.386. The smallest absolute Gasteiger partial charge is 0.0646 e. The molecule has 0 aromatic rings. The summed E-state index contributed by atoms with van der Waals surface area (Å²) in [6, 6.07) is 0. The molecule has 0 amide bonds. The van der Waals surface area contributed by atoms with Gasteiger partial charge in [-0.15, -0.1) is 0 Å². The fourth-order valence-electron chi connectivity index (χ4n) is 0.386. The quantitative estimate of drug-likeness (QED) is 0.575. The molecule has 0 saturated heterocycles. The van der Waals surface area contributed by atoms with Gasteiger partial charge in [0, 0.05) is 7.11 Å². The van der Waals surface area contributed by atoms with Gasteiger partial charge in [0.05, 0.1) is 6.61 Å². The summed E-state index contributed by atoms with van der Waals surface area (Å²) in [6.45, 7) is 2.58. The summed E-state index contributed by atoms with van der Waals surface area (Å²) in [5.41, 5.74) is 6.25. The molecule has 0 aliphatic carbocycles. The van der Waals surface area contributed by atoms with Crippen LogP contribution in [0.4, 0.5) is 0 Å². The highest BCUT2D eigenvalue weighted by molar-refractivity contribution is 5.14. The van der Waals surface area contributed by atoms with Crippen molar-refractivity contribution < 1.29 is 4.74 Å². The van der Waals surface area contributed by atoms with E-state index in [1.165, 1.54) is 0 Å². The summed E-state index contributed by atoms with van der Waals surface area (Å²) in [6.07, 6.45) is 5.40. The lowest BCUT2D eigenvalue weighted by molar-refractivity contribution is 0.234. The second-order valence-corrected chi connectivity index (χ2v) is 1.77. The Bertz CT molecular complexity index is 116. The molecule has 52 valence electrons. The molecule has 0 aromatic carbocycles. The number of rotatable bonds is 3. The zero-order chi connectivity index (χ0) is 7.11. The van der Waals surface area contributed by atoms with Crippen LogP contribution in [0.2, 0.25) is 0 Å². The molecule has 0 saturated carbocycles. The van der Waals surface area contributed by atoms with E-state index in [0.717, 1.165) is 5.57 Å². The number of hydrogen-bond acceptors (Lipinski definition) is 2. The second kappa shape index (κ2) is 5.38. The minimum absolute atomic E-state index is 0.644. The summed E-state index contributed by atoms with van der Waals surface area (Å²) in [7, 11) is 1.66. The van der Waals surface area contributed by atoms with Crippen LogP contribution >= 0.6 is 0 Å². The molecule has 0 unspecified atom stereocenters. The van der Waals surface area contributed by atoms with Crippen LogP contribution in [0.25, 0.3) is 0 Å². The third kappa shape index (κ3) is 5.11. The van der Waals surface area contributed by atoms with Crippen molar-refractivity contribution in [2.75, 3.05) is 13.7 Å². The van der Waals surface area contributed by atoms with Crippen LogP contribution in [0.3, 0.4) is 0 Å². The van der Waals surface area contributed by atoms with Gasteiger partial charge < -0.3 is 10.5 Å². The molecule has 0 bridgehead atoms. The number of allylic oxidation sites excluding steroid dienone is 2. The van der Waals surface area contributed by atoms with E-state index < -0.39 is 0 Å². The van der Waals surface area contributed by atoms with E-state index in [1.807, 2.05) is 19.1 Å². The van der Waals surface area contributed by atoms with E-state index in [2.05, 4.69) is 0 Å². The summed E-state index contributed by atoms with van der Waals surface area (Å²) >= 11 is 0. The molecule has 2 heteroatoms. The Morgan fingerprint density at radius 2 is 2.33 bits per heavy atom. The molecular formula is C7H13NO. The van der Waals surface area contributed by atoms with Crippen LogP contribution in [0, 0.1) is 0 Å². The molecule has 0 aromatic heterocycles. The largest absolute Gasteiger partial charge is 0.404 e. The first-order valence-electron chi connectivity index (χ1n) is 2.85. The van der Waals surface area contributed by atoms with E-state index >= 15 is 0 Å². The minimum Gasteiger partial charge on any atom is -0.404 e. The van der Waals surface area contributed by atoms with Crippen LogP contribution < -0.4 is 5.73 Å². The number of methoxy groups -OCH3 is 1. The van der Waals surface area contributed by atoms with Crippen LogP contribution in [0.15, 0.2) is 23.9 Å². The number of nitrogens with two attached hydrogens (primary N) is 1. The van der Waals surface area contributed by atoms with Crippen LogP contribution in [-0.2, 0) is 4.74 Å². The average molecular weight is 127 g/mol. The van der Waals surface area contributed by atoms with Crippen molar-refractivity contribution in [1.29, 1.82) is 0 Å². The highest BCUT2D eigenvalue weighted by Gasteiger charge is 1.75. The van der Waals surface area contributed by atoms with E-state index in [9.17, 15) is 0 Å². The van der Waals surface area contributed by atoms with Crippen molar-refractivity contribution in [3.63, 3.8) is 0 Å². The summed E-state index contributed by atoms with van der Waals surface area (Å²) in [5.74, 6) is 0. The highest BCUT2D eigenvalue weighted by Crippen LogP contribution is 1.89. The molecule has 2 N–H and O–H groups in total. The van der Waals surface area contributed by atoms with Gasteiger partial charge in [0.25, 0.3) is 0 Å². The molecular weight excluding hydrogens is 114 g/mol. The lowest BCUT2D eigenvalue weighted by atomic mass is 10.3. The van der Waals surface area contributed by atoms with Gasteiger partial charge in [-0.05, 0) is 18.7 Å². The third-order valence-electron chi connectivity index (χ3n) is 0.907. The van der Waals surface area contributed by atoms with Crippen molar-refractivity contribution in [3.05, 3.63) is 23.9 Å². The summed E-state index contributed by atoms with van der Waals surface area (Å²) in [5, 5.41) is 0. The van der Waals surface area contributed by atoms with E-state index in [4.69, 9.17) is 10.5 Å². The van der Waals surface area contributed by atoms with Crippen LogP contribution in [0.1, 0.15) is 6.92 Å². The maximum absolute atomic E-state index is 5.20. The van der Waals surface area contributed by atoms with Gasteiger partial charge in [0.1, 0.15) is 0 Å². The molecule has 0 aliphatic rings. The van der Waals surface area contributed by atoms with Gasteiger partial charge >= 0.3 is 0 Å². The maximum Gasteiger partial charge on any atom is 0.0646 e. The third-order valence-corrected chi connectivity index (χ3v) is 0.907. The Kier molecular flexibility index (Phi) is 4.92. The van der Waals surface area contributed by atoms with Crippen molar-refractivity contribution in [2.45, 2.75) is 6.92 Å². The molecule has 0 radical (unpaired) electrons. The zero-order valence-corrected chi connectivity index (χ0v) is 5.92. The van der Waals surface area contributed by atoms with Crippen LogP contribution in [0.5, 0.6) is 0 Å². The maximum atomic E-state index is 5.20. The Balaban J connectivity index is 3.45. The van der Waals surface area contributed by atoms with E-state index in [-0.39, 0.29) is 0 Å². The molecule has 0 fully saturated rings. The first kappa shape index (κ1) is 8.24. The predicted molar refractivity (Wildman–Crippen MR) is 39.0 cm³/mol. The van der Waals surface area contributed by atoms with E-state index in [1.54, 1.807) is 13.3 Å². The molecule has 0 aliphatic heterocycles. The monoisotopic (exact) mass is 127 g/mol. The normalized spacial score (nSPS) is 12.9. The Labute approximate surface area is 56.0 Å². The molecule has 9 heavy (non-hydrogen) atoms. The van der Waals surface area contributed by atoms with Crippen molar-refractivity contribution >= 4 is 0 Å². The minimum atomic E-state index is 0.644. The molecule has 0 rings (SSSR count). The van der Waals surface area contributed by atoms with Crippen molar-refractivity contribution in [1.82, 2.24) is 0 Å². The standard InChI is InChI=1S/C7H13NO/c1-7(6-8)4-3-5-9-2/h3-4,6H,5,8H2,1-2H3/b4-3-,7-6-. The van der Waals surface area contributed by atoms with Gasteiger partial charge in [-0.1, -0.05) is 12.2 Å². The summed E-state index contributed by atoms with van der Waals surface area (Å²) < 4.78 is 4.78. The Morgan fingerprint density at radius 1 is 1.67 bits per heavy atom. The van der Waals surface area contributed by atoms with Crippen molar-refractivity contribution in [3.8, 4) is 0 Å². The topological polar surface area (TPSA) is 35.2 Å². The highest BCUT2D eigenvalue weighted by atomic mass is 16.5. The molecule has 0 atom stereocenters. The molecule has 0 heterocycles. The van der Waals surface area contributed by atoms with Gasteiger partial charge in [0.15, 0.2) is 0 Å². The first-order valence-corrected chi connectivity index (χ1v) is 2.85. The number of ether oxygens (including phenoxy) is 1. The van der Waals surface area contributed by atoms with Gasteiger partial charge in [0.2, 0.25) is 0 Å². The SMILES string of the molecule is COC/C=C\C(C)=C/N. The van der Waals surface area contributed by atoms with Gasteiger partial charge in [-0.2, -0.15) is 0 Å². The van der Waals surface area contributed by atoms with Gasteiger partial charge in [-0.3, -0.25) is 0 Å². The first-order chi connectivity index (χ1) is 4.31. The van der Waals surface area contributed by atoms with E-state index in [0.29, 0.717) is 6.61 Å². The zero-order valence-electron chi connectivity index (χ0n) is 5.92. The predicted octanol–water partition coefficient (Wildman–Crippen LogP) is 1.05. The fraction of sp³-hybridized carbons (Fsp3) is 0.429. The Hall–Kier alpha value is -0.760.